The molecule has 8 heterocycles. The molecule has 0 aliphatic carbocycles. The number of aryl methyl sites for hydroxylation is 6. The molecule has 73 heavy (non-hydrogen) atoms. The summed E-state index contributed by atoms with van der Waals surface area (Å²) in [6, 6.07) is 24.0. The molecule has 2 fully saturated rings. The highest BCUT2D eigenvalue weighted by Crippen LogP contribution is 2.38. The lowest BCUT2D eigenvalue weighted by molar-refractivity contribution is 0.289. The Hall–Kier alpha value is -7.34. The molecule has 9 aromatic rings. The Kier molecular flexibility index (Phi) is 14.6. The summed E-state index contributed by atoms with van der Waals surface area (Å²) in [5.41, 5.74) is 15.9. The van der Waals surface area contributed by atoms with Crippen molar-refractivity contribution < 1.29 is 17.5 Å². The smallest absolute Gasteiger partial charge is 0.335 e. The number of fused-ring (bicyclic) bond motifs is 2. The van der Waals surface area contributed by atoms with E-state index in [9.17, 15) is 0 Å². The molecule has 0 bridgehead atoms. The van der Waals surface area contributed by atoms with E-state index in [1.165, 1.54) is 0 Å². The Labute approximate surface area is 429 Å². The number of hydrogen-bond acceptors (Lipinski definition) is 14. The molecule has 378 valence electrons. The molecule has 11 rings (SSSR count). The van der Waals surface area contributed by atoms with E-state index < -0.39 is 11.6 Å². The van der Waals surface area contributed by atoms with Crippen LogP contribution in [0.5, 0.6) is 0 Å². The van der Waals surface area contributed by atoms with E-state index in [1.807, 2.05) is 52.4 Å². The molecule has 2 aliphatic heterocycles. The lowest BCUT2D eigenvalue weighted by Gasteiger charge is -2.36. The van der Waals surface area contributed by atoms with E-state index in [-0.39, 0.29) is 11.1 Å². The monoisotopic (exact) mass is 1000 g/mol. The summed E-state index contributed by atoms with van der Waals surface area (Å²) in [5, 5.41) is 24.9. The van der Waals surface area contributed by atoms with Crippen LogP contribution < -0.4 is 21.3 Å². The van der Waals surface area contributed by atoms with Crippen LogP contribution in [-0.4, -0.2) is 84.5 Å². The third-order valence-corrected chi connectivity index (χ3v) is 14.2. The minimum absolute atomic E-state index is 0.180. The SMILES string of the molecule is Cc1cnc(N[C@H]2CCC(C)(C)NC2)nc1-c1c[nH]c2cc(-c3c(C)noc3C)ccc12.Cc1cnc(N[C@H]2CCC(C)(C)NC2)nc1-c1cn(-c2ccccc2)c2cc(-c3c(C)noc3C)ccc12.O=S=O. The quantitative estimate of drug-likeness (QED) is 0.0912. The van der Waals surface area contributed by atoms with E-state index in [0.29, 0.717) is 24.0 Å². The zero-order chi connectivity index (χ0) is 51.6. The van der Waals surface area contributed by atoms with Gasteiger partial charge in [0.05, 0.1) is 28.3 Å². The summed E-state index contributed by atoms with van der Waals surface area (Å²) in [6.45, 7) is 22.8. The first-order chi connectivity index (χ1) is 35.0. The molecule has 6 aromatic heterocycles. The predicted molar refractivity (Wildman–Crippen MR) is 289 cm³/mol. The number of benzene rings is 3. The Balaban J connectivity index is 0.000000173. The van der Waals surface area contributed by atoms with Gasteiger partial charge in [-0.2, -0.15) is 8.42 Å². The number of nitrogens with one attached hydrogen (secondary N) is 5. The van der Waals surface area contributed by atoms with Crippen LogP contribution in [0.2, 0.25) is 0 Å². The number of rotatable bonds is 9. The minimum Gasteiger partial charge on any atom is -0.361 e. The topological polar surface area (TPSA) is 207 Å². The Morgan fingerprint density at radius 2 is 1.16 bits per heavy atom. The van der Waals surface area contributed by atoms with Gasteiger partial charge < -0.3 is 39.9 Å². The van der Waals surface area contributed by atoms with Crippen molar-refractivity contribution >= 4 is 45.3 Å². The maximum absolute atomic E-state index is 8.29. The fourth-order valence-electron chi connectivity index (χ4n) is 10.1. The Bertz CT molecular complexity index is 3400. The molecule has 0 spiro atoms. The lowest BCUT2D eigenvalue weighted by Crippen LogP contribution is -2.50. The molecule has 2 aliphatic rings. The van der Waals surface area contributed by atoms with Gasteiger partial charge in [0.2, 0.25) is 11.9 Å². The van der Waals surface area contributed by atoms with E-state index >= 15 is 0 Å². The highest BCUT2D eigenvalue weighted by Gasteiger charge is 2.28. The zero-order valence-corrected chi connectivity index (χ0v) is 44.0. The summed E-state index contributed by atoms with van der Waals surface area (Å²) >= 11 is -0.750. The lowest BCUT2D eigenvalue weighted by atomic mass is 9.91. The van der Waals surface area contributed by atoms with E-state index in [1.54, 1.807) is 0 Å². The summed E-state index contributed by atoms with van der Waals surface area (Å²) in [7, 11) is 0. The number of para-hydroxylation sites is 1. The first-order valence-electron chi connectivity index (χ1n) is 24.8. The Morgan fingerprint density at radius 1 is 0.658 bits per heavy atom. The van der Waals surface area contributed by atoms with Gasteiger partial charge in [0.1, 0.15) is 11.5 Å². The summed E-state index contributed by atoms with van der Waals surface area (Å²) in [5.74, 6) is 3.00. The van der Waals surface area contributed by atoms with Crippen molar-refractivity contribution in [3.63, 3.8) is 0 Å². The van der Waals surface area contributed by atoms with E-state index in [2.05, 4.69) is 160 Å². The number of piperidine rings is 2. The van der Waals surface area contributed by atoms with Crippen LogP contribution >= 0.6 is 0 Å². The first-order valence-corrected chi connectivity index (χ1v) is 25.5. The van der Waals surface area contributed by atoms with Crippen LogP contribution in [0.1, 0.15) is 87.4 Å². The van der Waals surface area contributed by atoms with Crippen molar-refractivity contribution in [2.45, 2.75) is 118 Å². The fourth-order valence-corrected chi connectivity index (χ4v) is 10.1. The fraction of sp³-hybridized carbons (Fsp3) is 0.357. The second-order valence-corrected chi connectivity index (χ2v) is 20.8. The standard InChI is InChI=1S/C31H34N6O.C25H30N6O.O2S/c1-19-16-32-30(34-23-13-14-31(4,5)33-17-23)35-29(19)26-18-37(24-9-7-6-8-10-24)27-15-22(11-12-25(26)27)28-20(2)36-38-21(28)3;1-14-11-27-24(29-18-8-9-25(4,5)28-12-18)30-23(14)20-13-26-21-10-17(6-7-19(20)21)22-15(2)31-32-16(22)3;1-3-2/h6-12,15-16,18,23,33H,13-14,17H2,1-5H3,(H,32,34,35);6-7,10-11,13,18,26,28H,8-9,12H2,1-5H3,(H,27,29,30);/t23-;18-;/m00./s1. The van der Waals surface area contributed by atoms with Gasteiger partial charge in [0.15, 0.2) is 0 Å². The van der Waals surface area contributed by atoms with Crippen LogP contribution in [0.15, 0.2) is 101 Å². The van der Waals surface area contributed by atoms with Crippen LogP contribution in [0.4, 0.5) is 11.9 Å². The highest BCUT2D eigenvalue weighted by atomic mass is 32.1. The van der Waals surface area contributed by atoms with E-state index in [4.69, 9.17) is 27.4 Å². The molecule has 0 saturated carbocycles. The predicted octanol–water partition coefficient (Wildman–Crippen LogP) is 11.1. The van der Waals surface area contributed by atoms with Crippen LogP contribution in [0.3, 0.4) is 0 Å². The van der Waals surface area contributed by atoms with Crippen LogP contribution in [0.25, 0.3) is 72.3 Å². The normalized spacial score (nSPS) is 17.1. The first kappa shape index (κ1) is 50.6. The van der Waals surface area contributed by atoms with Gasteiger partial charge in [-0.05, 0) is 141 Å². The molecule has 3 aromatic carbocycles. The van der Waals surface area contributed by atoms with Crippen LogP contribution in [0, 0.1) is 41.5 Å². The Morgan fingerprint density at radius 3 is 1.66 bits per heavy atom. The van der Waals surface area contributed by atoms with Gasteiger partial charge in [-0.15, -0.1) is 0 Å². The van der Waals surface area contributed by atoms with Crippen molar-refractivity contribution in [2.24, 2.45) is 0 Å². The van der Waals surface area contributed by atoms with Crippen molar-refractivity contribution in [3.05, 3.63) is 126 Å². The molecular formula is C56H64N12O4S. The third kappa shape index (κ3) is 11.0. The minimum atomic E-state index is -0.750. The molecule has 2 atom stereocenters. The van der Waals surface area contributed by atoms with Crippen molar-refractivity contribution in [2.75, 3.05) is 23.7 Å². The van der Waals surface area contributed by atoms with Crippen molar-refractivity contribution in [1.82, 2.24) is 50.4 Å². The van der Waals surface area contributed by atoms with Gasteiger partial charge in [-0.3, -0.25) is 0 Å². The second kappa shape index (κ2) is 21.0. The molecule has 16 nitrogen and oxygen atoms in total. The molecule has 0 unspecified atom stereocenters. The van der Waals surface area contributed by atoms with Gasteiger partial charge >= 0.3 is 11.6 Å². The number of H-pyrrole nitrogens is 1. The summed E-state index contributed by atoms with van der Waals surface area (Å²) in [6.07, 6.45) is 12.5. The average Bonchev–Trinajstić information content (AvgIpc) is 4.15. The van der Waals surface area contributed by atoms with E-state index in [0.717, 1.165) is 145 Å². The largest absolute Gasteiger partial charge is 0.361 e. The molecule has 0 radical (unpaired) electrons. The van der Waals surface area contributed by atoms with Gasteiger partial charge in [0, 0.05) is 105 Å². The average molecular weight is 1000 g/mol. The van der Waals surface area contributed by atoms with Gasteiger partial charge in [0.25, 0.3) is 0 Å². The molecule has 2 saturated heterocycles. The maximum atomic E-state index is 8.29. The van der Waals surface area contributed by atoms with Crippen molar-refractivity contribution in [1.29, 1.82) is 0 Å². The number of nitrogens with zero attached hydrogens (tertiary/aromatic N) is 7. The van der Waals surface area contributed by atoms with Crippen molar-refractivity contribution in [3.8, 4) is 50.5 Å². The second-order valence-electron chi connectivity index (χ2n) is 20.6. The molecule has 17 heteroatoms. The number of aromatic nitrogens is 8. The number of hydrogen-bond donors (Lipinski definition) is 5. The molecule has 0 amide bonds. The third-order valence-electron chi connectivity index (χ3n) is 14.2. The highest BCUT2D eigenvalue weighted by molar-refractivity contribution is 7.51. The summed E-state index contributed by atoms with van der Waals surface area (Å²) in [4.78, 5) is 22.5. The molecular weight excluding hydrogens is 937 g/mol. The maximum Gasteiger partial charge on any atom is 0.335 e. The number of aromatic amines is 1. The van der Waals surface area contributed by atoms with Gasteiger partial charge in [-0.1, -0.05) is 52.8 Å². The summed E-state index contributed by atoms with van der Waals surface area (Å²) < 4.78 is 29.6. The van der Waals surface area contributed by atoms with Crippen LogP contribution in [-0.2, 0) is 11.6 Å². The van der Waals surface area contributed by atoms with Gasteiger partial charge in [-0.25, -0.2) is 19.9 Å². The number of anilines is 2. The zero-order valence-electron chi connectivity index (χ0n) is 43.2. The molecule has 5 N–H and O–H groups in total.